The molecule has 1 aliphatic rings. The first-order valence-electron chi connectivity index (χ1n) is 13.5. The Morgan fingerprint density at radius 1 is 1.05 bits per heavy atom. The summed E-state index contributed by atoms with van der Waals surface area (Å²) in [4.78, 5) is 31.1. The van der Waals surface area contributed by atoms with E-state index in [0.29, 0.717) is 24.5 Å². The number of aromatic nitrogens is 1. The van der Waals surface area contributed by atoms with Crippen LogP contribution in [0.3, 0.4) is 0 Å². The van der Waals surface area contributed by atoms with Gasteiger partial charge in [-0.1, -0.05) is 66.5 Å². The van der Waals surface area contributed by atoms with Crippen molar-refractivity contribution in [3.8, 4) is 5.75 Å². The highest BCUT2D eigenvalue weighted by molar-refractivity contribution is 7.16. The molecule has 0 radical (unpaired) electrons. The van der Waals surface area contributed by atoms with E-state index in [2.05, 4.69) is 46.0 Å². The van der Waals surface area contributed by atoms with Crippen LogP contribution in [-0.4, -0.2) is 64.6 Å². The van der Waals surface area contributed by atoms with Crippen molar-refractivity contribution in [3.63, 3.8) is 0 Å². The lowest BCUT2D eigenvalue weighted by Gasteiger charge is -2.36. The number of nitrogens with two attached hydrogens (primary N) is 1. The fourth-order valence-corrected chi connectivity index (χ4v) is 6.38. The maximum absolute atomic E-state index is 12.0. The number of H-pyrrole nitrogens is 1. The SMILES string of the molecule is Cc1cccc(CCN(CCC(N)=O)CCN(CCc2ccc(O)c3[nH]c(=O)sc23)C2CCCCC2)c1. The summed E-state index contributed by atoms with van der Waals surface area (Å²) in [5, 5.41) is 10.2. The third-order valence-corrected chi connectivity index (χ3v) is 8.53. The van der Waals surface area contributed by atoms with Gasteiger partial charge in [0.15, 0.2) is 0 Å². The van der Waals surface area contributed by atoms with Crippen molar-refractivity contribution in [2.45, 2.75) is 64.3 Å². The van der Waals surface area contributed by atoms with Crippen LogP contribution in [0.5, 0.6) is 5.75 Å². The fourth-order valence-electron chi connectivity index (χ4n) is 5.49. The van der Waals surface area contributed by atoms with Crippen LogP contribution in [0.2, 0.25) is 0 Å². The van der Waals surface area contributed by atoms with E-state index < -0.39 is 0 Å². The minimum atomic E-state index is -0.258. The Kier molecular flexibility index (Phi) is 9.77. The number of rotatable bonds is 13. The third kappa shape index (κ3) is 7.90. The number of aromatic hydroxyl groups is 1. The summed E-state index contributed by atoms with van der Waals surface area (Å²) in [7, 11) is 0. The lowest BCUT2D eigenvalue weighted by Crippen LogP contribution is -2.44. The van der Waals surface area contributed by atoms with Crippen LogP contribution in [0.4, 0.5) is 0 Å². The Balaban J connectivity index is 1.43. The lowest BCUT2D eigenvalue weighted by atomic mass is 9.93. The van der Waals surface area contributed by atoms with Crippen molar-refractivity contribution in [2.24, 2.45) is 5.73 Å². The molecular formula is C29H40N4O3S. The van der Waals surface area contributed by atoms with Gasteiger partial charge in [0, 0.05) is 45.2 Å². The van der Waals surface area contributed by atoms with Crippen LogP contribution in [0.15, 0.2) is 41.2 Å². The molecule has 1 fully saturated rings. The van der Waals surface area contributed by atoms with Gasteiger partial charge >= 0.3 is 4.87 Å². The van der Waals surface area contributed by atoms with E-state index in [4.69, 9.17) is 5.73 Å². The number of primary amides is 1. The summed E-state index contributed by atoms with van der Waals surface area (Å²) < 4.78 is 0.856. The number of aryl methyl sites for hydroxylation is 1. The molecule has 3 aromatic rings. The van der Waals surface area contributed by atoms with Crippen LogP contribution < -0.4 is 10.6 Å². The molecule has 4 rings (SSSR count). The summed E-state index contributed by atoms with van der Waals surface area (Å²) in [5.41, 5.74) is 9.72. The summed E-state index contributed by atoms with van der Waals surface area (Å²) in [6, 6.07) is 12.8. The van der Waals surface area contributed by atoms with Gasteiger partial charge in [-0.25, -0.2) is 0 Å². The zero-order valence-electron chi connectivity index (χ0n) is 21.9. The number of phenolic OH excluding ortho intramolecular Hbond substituents is 1. The number of phenols is 1. The molecule has 1 amide bonds. The number of benzene rings is 2. The van der Waals surface area contributed by atoms with E-state index in [1.165, 1.54) is 54.6 Å². The van der Waals surface area contributed by atoms with E-state index in [0.717, 1.165) is 49.3 Å². The molecule has 0 spiro atoms. The summed E-state index contributed by atoms with van der Waals surface area (Å²) >= 11 is 1.17. The Labute approximate surface area is 223 Å². The van der Waals surface area contributed by atoms with Crippen molar-refractivity contribution in [1.29, 1.82) is 0 Å². The fraction of sp³-hybridized carbons (Fsp3) is 0.517. The van der Waals surface area contributed by atoms with Crippen LogP contribution in [0, 0.1) is 6.92 Å². The third-order valence-electron chi connectivity index (χ3n) is 7.58. The van der Waals surface area contributed by atoms with Crippen molar-refractivity contribution in [1.82, 2.24) is 14.8 Å². The number of thiazole rings is 1. The number of fused-ring (bicyclic) bond motifs is 1. The number of aromatic amines is 1. The average Bonchev–Trinajstić information content (AvgIpc) is 3.29. The monoisotopic (exact) mass is 524 g/mol. The van der Waals surface area contributed by atoms with Gasteiger partial charge in [-0.2, -0.15) is 0 Å². The van der Waals surface area contributed by atoms with Crippen molar-refractivity contribution < 1.29 is 9.90 Å². The Hall–Kier alpha value is -2.68. The highest BCUT2D eigenvalue weighted by Gasteiger charge is 2.22. The molecule has 4 N–H and O–H groups in total. The number of hydrogen-bond donors (Lipinski definition) is 3. The maximum atomic E-state index is 12.0. The first-order chi connectivity index (χ1) is 17.9. The quantitative estimate of drug-likeness (QED) is 0.311. The van der Waals surface area contributed by atoms with Crippen LogP contribution in [0.1, 0.15) is 55.2 Å². The molecule has 200 valence electrons. The normalized spacial score (nSPS) is 14.7. The first kappa shape index (κ1) is 27.4. The largest absolute Gasteiger partial charge is 0.506 e. The van der Waals surface area contributed by atoms with Crippen LogP contribution >= 0.6 is 11.3 Å². The van der Waals surface area contributed by atoms with Crippen LogP contribution in [0.25, 0.3) is 10.2 Å². The smallest absolute Gasteiger partial charge is 0.305 e. The molecule has 7 nitrogen and oxygen atoms in total. The Morgan fingerprint density at radius 2 is 1.86 bits per heavy atom. The molecule has 1 aromatic heterocycles. The van der Waals surface area contributed by atoms with Gasteiger partial charge in [0.25, 0.3) is 0 Å². The van der Waals surface area contributed by atoms with E-state index >= 15 is 0 Å². The lowest BCUT2D eigenvalue weighted by molar-refractivity contribution is -0.118. The Morgan fingerprint density at radius 3 is 2.62 bits per heavy atom. The molecule has 1 saturated carbocycles. The van der Waals surface area contributed by atoms with E-state index in [-0.39, 0.29) is 16.5 Å². The van der Waals surface area contributed by atoms with E-state index in [1.807, 2.05) is 6.07 Å². The minimum absolute atomic E-state index is 0.125. The molecule has 37 heavy (non-hydrogen) atoms. The zero-order valence-corrected chi connectivity index (χ0v) is 22.7. The highest BCUT2D eigenvalue weighted by atomic mass is 32.1. The Bertz CT molecular complexity index is 1230. The predicted octanol–water partition coefficient (Wildman–Crippen LogP) is 4.20. The molecule has 0 saturated heterocycles. The minimum Gasteiger partial charge on any atom is -0.506 e. The van der Waals surface area contributed by atoms with Crippen molar-refractivity contribution in [3.05, 3.63) is 62.8 Å². The molecular weight excluding hydrogens is 484 g/mol. The zero-order chi connectivity index (χ0) is 26.2. The van der Waals surface area contributed by atoms with Gasteiger partial charge in [0.1, 0.15) is 11.3 Å². The summed E-state index contributed by atoms with van der Waals surface area (Å²) in [6.07, 6.45) is 8.41. The molecule has 8 heteroatoms. The van der Waals surface area contributed by atoms with Gasteiger partial charge < -0.3 is 20.7 Å². The van der Waals surface area contributed by atoms with E-state index in [1.54, 1.807) is 6.07 Å². The van der Waals surface area contributed by atoms with E-state index in [9.17, 15) is 14.7 Å². The first-order valence-corrected chi connectivity index (χ1v) is 14.3. The molecule has 0 atom stereocenters. The van der Waals surface area contributed by atoms with Crippen molar-refractivity contribution >= 4 is 27.5 Å². The molecule has 1 aliphatic carbocycles. The number of amides is 1. The van der Waals surface area contributed by atoms with Gasteiger partial charge in [0.05, 0.1) is 4.70 Å². The van der Waals surface area contributed by atoms with Gasteiger partial charge in [-0.15, -0.1) is 0 Å². The second-order valence-electron chi connectivity index (χ2n) is 10.3. The standard InChI is InChI=1S/C29H40N4O3S/c1-21-6-5-7-22(20-21)12-15-32(16-14-26(30)35)18-19-33(24-8-3-2-4-9-24)17-13-23-10-11-25(34)27-28(23)37-29(36)31-27/h5-7,10-11,20,24,34H,2-4,8-9,12-19H2,1H3,(H2,30,35)(H,31,36). The number of carbonyl (C=O) groups is 1. The molecule has 0 bridgehead atoms. The number of carbonyl (C=O) groups excluding carboxylic acids is 1. The summed E-state index contributed by atoms with van der Waals surface area (Å²) in [6.45, 7) is 6.41. The second kappa shape index (κ2) is 13.2. The molecule has 0 unspecified atom stereocenters. The number of hydrogen-bond acceptors (Lipinski definition) is 6. The predicted molar refractivity (Wildman–Crippen MR) is 151 cm³/mol. The number of nitrogens with zero attached hydrogens (tertiary/aromatic N) is 2. The summed E-state index contributed by atoms with van der Waals surface area (Å²) in [5.74, 6) is -0.133. The molecule has 1 heterocycles. The van der Waals surface area contributed by atoms with Gasteiger partial charge in [-0.3, -0.25) is 14.5 Å². The highest BCUT2D eigenvalue weighted by Crippen LogP contribution is 2.29. The molecule has 2 aromatic carbocycles. The molecule has 0 aliphatic heterocycles. The maximum Gasteiger partial charge on any atom is 0.305 e. The van der Waals surface area contributed by atoms with Crippen LogP contribution in [-0.2, 0) is 17.6 Å². The number of nitrogens with one attached hydrogen (secondary N) is 1. The van der Waals surface area contributed by atoms with Gasteiger partial charge in [0.2, 0.25) is 5.91 Å². The van der Waals surface area contributed by atoms with Crippen molar-refractivity contribution in [2.75, 3.05) is 32.7 Å². The second-order valence-corrected chi connectivity index (χ2v) is 11.3. The van der Waals surface area contributed by atoms with Gasteiger partial charge in [-0.05, 0) is 49.8 Å². The topological polar surface area (TPSA) is 103 Å². The average molecular weight is 525 g/mol.